The molecular weight excluding hydrogens is 1060 g/mol. The number of amides is 6. The van der Waals surface area contributed by atoms with Crippen molar-refractivity contribution in [1.29, 1.82) is 0 Å². The zero-order valence-electron chi connectivity index (χ0n) is 45.7. The second-order valence-corrected chi connectivity index (χ2v) is 25.2. The number of nitrogens with one attached hydrogen (secondary N) is 5. The van der Waals surface area contributed by atoms with Gasteiger partial charge in [-0.15, -0.1) is 0 Å². The van der Waals surface area contributed by atoms with Crippen molar-refractivity contribution in [1.82, 2.24) is 45.0 Å². The Morgan fingerprint density at radius 3 is 1.26 bits per heavy atom. The van der Waals surface area contributed by atoms with Gasteiger partial charge < -0.3 is 36.4 Å². The maximum Gasteiger partial charge on any atom is 0.247 e. The number of carbonyl (C=O) groups is 6. The normalized spacial score (nSPS) is 22.7. The number of nitrogens with zero attached hydrogens (tertiary/aromatic N) is 4. The van der Waals surface area contributed by atoms with Crippen LogP contribution in [0.25, 0.3) is 0 Å². The topological polar surface area (TPSA) is 244 Å². The minimum atomic E-state index is -4.05. The van der Waals surface area contributed by atoms with Crippen molar-refractivity contribution in [2.45, 2.75) is 126 Å². The highest BCUT2D eigenvalue weighted by Gasteiger charge is 2.48. The predicted molar refractivity (Wildman–Crippen MR) is 304 cm³/mol. The van der Waals surface area contributed by atoms with Crippen molar-refractivity contribution in [2.24, 2.45) is 0 Å². The molecule has 4 aromatic rings. The smallest absolute Gasteiger partial charge is 0.247 e. The molecule has 4 aliphatic heterocycles. The summed E-state index contributed by atoms with van der Waals surface area (Å²) in [4.78, 5) is 87.0. The van der Waals surface area contributed by atoms with Gasteiger partial charge in [0.25, 0.3) is 0 Å². The SMILES string of the molecule is CCC(=O)NC1CN(S(=O)(=O)CCC=CCCS(=O)(=O)N2CCC3CCC(C(=O)NC(c4ccccc4)c4ccccc4)N3C(=O)C(NC(=O)C(C)NC)C2)CCC2CCC(C(=O)NC(c3ccccc3)c3ccccc3)N2C1=O. The molecule has 0 aromatic heterocycles. The molecule has 0 spiro atoms. The lowest BCUT2D eigenvalue weighted by Crippen LogP contribution is -2.62. The molecule has 4 saturated heterocycles. The Balaban J connectivity index is 0.891. The van der Waals surface area contributed by atoms with Crippen molar-refractivity contribution >= 4 is 55.5 Å². The second-order valence-electron chi connectivity index (χ2n) is 21.0. The Hall–Kier alpha value is -6.78. The number of benzene rings is 4. The maximum absolute atomic E-state index is 14.7. The van der Waals surface area contributed by atoms with E-state index in [0.29, 0.717) is 25.7 Å². The van der Waals surface area contributed by atoms with E-state index in [-0.39, 0.29) is 81.6 Å². The largest absolute Gasteiger partial charge is 0.343 e. The summed E-state index contributed by atoms with van der Waals surface area (Å²) in [6.07, 6.45) is 5.44. The quantitative estimate of drug-likeness (QED) is 0.0750. The highest BCUT2D eigenvalue weighted by Crippen LogP contribution is 2.34. The van der Waals surface area contributed by atoms with Crippen LogP contribution in [0.1, 0.15) is 106 Å². The van der Waals surface area contributed by atoms with E-state index in [1.54, 1.807) is 42.8 Å². The van der Waals surface area contributed by atoms with Gasteiger partial charge >= 0.3 is 0 Å². The third kappa shape index (κ3) is 14.4. The molecular formula is C59H75N9O10S2. The summed E-state index contributed by atoms with van der Waals surface area (Å²) in [7, 11) is -6.47. The number of hydrogen-bond acceptors (Lipinski definition) is 11. The van der Waals surface area contributed by atoms with Gasteiger partial charge in [0, 0.05) is 44.7 Å². The Morgan fingerprint density at radius 1 is 0.550 bits per heavy atom. The van der Waals surface area contributed by atoms with Gasteiger partial charge in [0.15, 0.2) is 0 Å². The molecule has 0 bridgehead atoms. The van der Waals surface area contributed by atoms with E-state index in [9.17, 15) is 45.6 Å². The summed E-state index contributed by atoms with van der Waals surface area (Å²) >= 11 is 0. The lowest BCUT2D eigenvalue weighted by molar-refractivity contribution is -0.144. The molecule has 0 radical (unpaired) electrons. The lowest BCUT2D eigenvalue weighted by atomic mass is 9.98. The highest BCUT2D eigenvalue weighted by molar-refractivity contribution is 7.89. The van der Waals surface area contributed by atoms with Crippen molar-refractivity contribution in [3.63, 3.8) is 0 Å². The fourth-order valence-corrected chi connectivity index (χ4v) is 14.3. The molecule has 0 saturated carbocycles. The molecule has 4 aliphatic rings. The van der Waals surface area contributed by atoms with Crippen molar-refractivity contribution < 1.29 is 45.6 Å². The molecule has 8 rings (SSSR count). The Kier molecular flexibility index (Phi) is 20.1. The number of hydrogen-bond donors (Lipinski definition) is 5. The molecule has 7 atom stereocenters. The van der Waals surface area contributed by atoms with Crippen LogP contribution < -0.4 is 26.6 Å². The van der Waals surface area contributed by atoms with Crippen LogP contribution in [0.4, 0.5) is 0 Å². The molecule has 4 aromatic carbocycles. The number of rotatable bonds is 21. The van der Waals surface area contributed by atoms with Crippen LogP contribution in [-0.2, 0) is 48.8 Å². The zero-order valence-corrected chi connectivity index (χ0v) is 47.3. The number of sulfonamides is 2. The maximum atomic E-state index is 14.7. The van der Waals surface area contributed by atoms with E-state index in [4.69, 9.17) is 0 Å². The van der Waals surface area contributed by atoms with Crippen LogP contribution in [0.15, 0.2) is 133 Å². The lowest BCUT2D eigenvalue weighted by Gasteiger charge is -2.38. The van der Waals surface area contributed by atoms with E-state index < -0.39 is 98.1 Å². The summed E-state index contributed by atoms with van der Waals surface area (Å²) in [5.74, 6) is -3.44. The molecule has 4 fully saturated rings. The van der Waals surface area contributed by atoms with Crippen LogP contribution in [0.2, 0.25) is 0 Å². The first-order valence-electron chi connectivity index (χ1n) is 27.8. The highest BCUT2D eigenvalue weighted by atomic mass is 32.2. The van der Waals surface area contributed by atoms with Crippen LogP contribution in [0.5, 0.6) is 0 Å². The monoisotopic (exact) mass is 1130 g/mol. The summed E-state index contributed by atoms with van der Waals surface area (Å²) in [5.41, 5.74) is 3.45. The molecule has 4 heterocycles. The van der Waals surface area contributed by atoms with E-state index in [1.165, 1.54) is 8.61 Å². The fourth-order valence-electron chi connectivity index (χ4n) is 11.4. The Morgan fingerprint density at radius 2 is 0.912 bits per heavy atom. The van der Waals surface area contributed by atoms with Gasteiger partial charge in [-0.3, -0.25) is 28.8 Å². The zero-order chi connectivity index (χ0) is 57.0. The van der Waals surface area contributed by atoms with Gasteiger partial charge in [-0.25, -0.2) is 16.8 Å². The van der Waals surface area contributed by atoms with Crippen LogP contribution >= 0.6 is 0 Å². The van der Waals surface area contributed by atoms with Gasteiger partial charge in [0.2, 0.25) is 55.5 Å². The average molecular weight is 1130 g/mol. The third-order valence-electron chi connectivity index (χ3n) is 15.9. The molecule has 6 amide bonds. The third-order valence-corrected chi connectivity index (χ3v) is 19.6. The number of likely N-dealkylation sites (N-methyl/N-ethyl adjacent to an activating group) is 1. The van der Waals surface area contributed by atoms with Gasteiger partial charge in [-0.1, -0.05) is 140 Å². The Bertz CT molecular complexity index is 2970. The number of allylic oxidation sites excluding steroid dienone is 2. The van der Waals surface area contributed by atoms with Crippen LogP contribution in [0.3, 0.4) is 0 Å². The van der Waals surface area contributed by atoms with E-state index in [2.05, 4.69) is 26.6 Å². The molecule has 19 nitrogen and oxygen atoms in total. The summed E-state index contributed by atoms with van der Waals surface area (Å²) < 4.78 is 58.9. The van der Waals surface area contributed by atoms with Crippen molar-refractivity contribution in [2.75, 3.05) is 44.7 Å². The minimum Gasteiger partial charge on any atom is -0.343 e. The molecule has 5 N–H and O–H groups in total. The van der Waals surface area contributed by atoms with Crippen LogP contribution in [0, 0.1) is 0 Å². The molecule has 0 aliphatic carbocycles. The standard InChI is InChI=1S/C59H75N9O10S2/c1-4-52(69)61-48-39-65(35-33-46-29-31-50(67(46)58(48)73)56(71)63-53(42-21-11-7-12-22-42)43-23-13-8-14-24-43)79(75,76)37-19-5-6-20-38-80(77,78)66-36-34-47-30-32-51(68(47)59(74)49(40-66)62-55(70)41(2)60-3)57(72)64-54(44-25-15-9-16-26-44)45-27-17-10-18-28-45/h5-18,21-28,41,46-51,53-54,60H,4,19-20,29-40H2,1-3H3,(H,61,69)(H,62,70)(H,63,71)(H,64,72). The molecule has 7 unspecified atom stereocenters. The molecule has 80 heavy (non-hydrogen) atoms. The summed E-state index contributed by atoms with van der Waals surface area (Å²) in [6, 6.07) is 31.2. The van der Waals surface area contributed by atoms with E-state index in [0.717, 1.165) is 22.3 Å². The van der Waals surface area contributed by atoms with Crippen molar-refractivity contribution in [3.05, 3.63) is 156 Å². The van der Waals surface area contributed by atoms with Gasteiger partial charge in [0.1, 0.15) is 24.2 Å². The first-order chi connectivity index (χ1) is 38.5. The number of carbonyl (C=O) groups excluding carboxylic acids is 6. The molecule has 428 valence electrons. The fraction of sp³-hybridized carbons (Fsp3) is 0.458. The van der Waals surface area contributed by atoms with Crippen LogP contribution in [-0.4, -0.2) is 158 Å². The summed E-state index contributed by atoms with van der Waals surface area (Å²) in [6.45, 7) is 2.65. The average Bonchev–Trinajstić information content (AvgIpc) is 4.12. The predicted octanol–water partition coefficient (Wildman–Crippen LogP) is 3.91. The second kappa shape index (κ2) is 27.1. The van der Waals surface area contributed by atoms with E-state index in [1.807, 2.05) is 121 Å². The number of fused-ring (bicyclic) bond motifs is 2. The molecule has 21 heteroatoms. The Labute approximate surface area is 470 Å². The summed E-state index contributed by atoms with van der Waals surface area (Å²) in [5, 5.41) is 14.7. The van der Waals surface area contributed by atoms with E-state index >= 15 is 0 Å². The first kappa shape index (κ1) is 59.3. The van der Waals surface area contributed by atoms with Crippen molar-refractivity contribution in [3.8, 4) is 0 Å². The minimum absolute atomic E-state index is 0.0233. The van der Waals surface area contributed by atoms with Gasteiger partial charge in [-0.2, -0.15) is 8.61 Å². The van der Waals surface area contributed by atoms with Gasteiger partial charge in [-0.05, 0) is 87.6 Å². The van der Waals surface area contributed by atoms with Gasteiger partial charge in [0.05, 0.1) is 29.6 Å². The first-order valence-corrected chi connectivity index (χ1v) is 31.0.